The van der Waals surface area contributed by atoms with Gasteiger partial charge in [-0.25, -0.2) is 4.79 Å². The van der Waals surface area contributed by atoms with E-state index >= 15 is 0 Å². The van der Waals surface area contributed by atoms with Crippen molar-refractivity contribution in [2.24, 2.45) is 0 Å². The second-order valence-electron chi connectivity index (χ2n) is 7.07. The van der Waals surface area contributed by atoms with Gasteiger partial charge < -0.3 is 14.7 Å². The summed E-state index contributed by atoms with van der Waals surface area (Å²) in [5, 5.41) is 11.0. The van der Waals surface area contributed by atoms with E-state index in [1.807, 2.05) is 26.8 Å². The number of piperidine rings is 1. The number of ether oxygens (including phenoxy) is 1. The SMILES string of the molecule is CC(C)(C)OC(=O)N1CCCC(CO)(c2ccc(Cl)c(Cl)c2)C1. The van der Waals surface area contributed by atoms with Crippen molar-refractivity contribution in [2.75, 3.05) is 19.7 Å². The second-order valence-corrected chi connectivity index (χ2v) is 7.89. The fourth-order valence-corrected chi connectivity index (χ4v) is 3.19. The average Bonchev–Trinajstić information content (AvgIpc) is 2.48. The number of carbonyl (C=O) groups is 1. The smallest absolute Gasteiger partial charge is 0.410 e. The third-order valence-electron chi connectivity index (χ3n) is 4.06. The molecule has 23 heavy (non-hydrogen) atoms. The molecule has 1 atom stereocenters. The lowest BCUT2D eigenvalue weighted by atomic mass is 9.75. The summed E-state index contributed by atoms with van der Waals surface area (Å²) >= 11 is 12.1. The molecule has 128 valence electrons. The maximum Gasteiger partial charge on any atom is 0.410 e. The molecular formula is C17H23Cl2NO3. The standard InChI is InChI=1S/C17H23Cl2NO3/c1-16(2,3)23-15(22)20-8-4-7-17(10-20,11-21)12-5-6-13(18)14(19)9-12/h5-6,9,21H,4,7-8,10-11H2,1-3H3. The van der Waals surface area contributed by atoms with Crippen molar-refractivity contribution in [1.82, 2.24) is 4.90 Å². The van der Waals surface area contributed by atoms with Crippen molar-refractivity contribution in [3.8, 4) is 0 Å². The van der Waals surface area contributed by atoms with Crippen LogP contribution < -0.4 is 0 Å². The Kier molecular flexibility index (Phi) is 5.49. The van der Waals surface area contributed by atoms with Gasteiger partial charge in [0.25, 0.3) is 0 Å². The Hall–Kier alpha value is -0.970. The van der Waals surface area contributed by atoms with Crippen molar-refractivity contribution < 1.29 is 14.6 Å². The number of hydrogen-bond acceptors (Lipinski definition) is 3. The molecule has 0 aliphatic carbocycles. The molecule has 0 spiro atoms. The summed E-state index contributed by atoms with van der Waals surface area (Å²) in [6.45, 7) is 6.48. The number of likely N-dealkylation sites (tertiary alicyclic amines) is 1. The predicted molar refractivity (Wildman–Crippen MR) is 92.3 cm³/mol. The molecule has 1 heterocycles. The van der Waals surface area contributed by atoms with Gasteiger partial charge in [-0.15, -0.1) is 0 Å². The van der Waals surface area contributed by atoms with Crippen molar-refractivity contribution in [3.05, 3.63) is 33.8 Å². The molecule has 1 fully saturated rings. The van der Waals surface area contributed by atoms with Crippen molar-refractivity contribution in [3.63, 3.8) is 0 Å². The molecule has 6 heteroatoms. The highest BCUT2D eigenvalue weighted by Crippen LogP contribution is 2.37. The number of carbonyl (C=O) groups excluding carboxylic acids is 1. The summed E-state index contributed by atoms with van der Waals surface area (Å²) in [5.74, 6) is 0. The summed E-state index contributed by atoms with van der Waals surface area (Å²) in [6, 6.07) is 5.37. The predicted octanol–water partition coefficient (Wildman–Crippen LogP) is 4.25. The van der Waals surface area contributed by atoms with Crippen LogP contribution in [0.2, 0.25) is 10.0 Å². The van der Waals surface area contributed by atoms with Gasteiger partial charge in [-0.2, -0.15) is 0 Å². The Morgan fingerprint density at radius 2 is 2.04 bits per heavy atom. The second kappa shape index (κ2) is 6.88. The molecule has 1 amide bonds. The van der Waals surface area contributed by atoms with E-state index < -0.39 is 11.0 Å². The molecule has 0 saturated carbocycles. The maximum absolute atomic E-state index is 12.3. The third kappa shape index (κ3) is 4.31. The lowest BCUT2D eigenvalue weighted by Gasteiger charge is -2.42. The maximum atomic E-state index is 12.3. The first-order chi connectivity index (χ1) is 10.7. The van der Waals surface area contributed by atoms with E-state index in [0.717, 1.165) is 18.4 Å². The quantitative estimate of drug-likeness (QED) is 0.858. The Morgan fingerprint density at radius 1 is 1.35 bits per heavy atom. The Bertz CT molecular complexity index is 586. The van der Waals surface area contributed by atoms with Crippen LogP contribution in [-0.4, -0.2) is 41.4 Å². The van der Waals surface area contributed by atoms with Gasteiger partial charge in [0.1, 0.15) is 5.60 Å². The Labute approximate surface area is 147 Å². The Morgan fingerprint density at radius 3 is 2.61 bits per heavy atom. The normalized spacial score (nSPS) is 22.1. The minimum absolute atomic E-state index is 0.0652. The topological polar surface area (TPSA) is 49.8 Å². The van der Waals surface area contributed by atoms with Gasteiger partial charge in [0.2, 0.25) is 0 Å². The summed E-state index contributed by atoms with van der Waals surface area (Å²) in [5.41, 5.74) is -0.189. The molecule has 1 saturated heterocycles. The molecule has 1 aromatic carbocycles. The fourth-order valence-electron chi connectivity index (χ4n) is 2.90. The minimum atomic E-state index is -0.542. The monoisotopic (exact) mass is 359 g/mol. The molecular weight excluding hydrogens is 337 g/mol. The summed E-state index contributed by atoms with van der Waals surface area (Å²) in [7, 11) is 0. The van der Waals surface area contributed by atoms with Crippen LogP contribution >= 0.6 is 23.2 Å². The summed E-state index contributed by atoms with van der Waals surface area (Å²) < 4.78 is 5.45. The van der Waals surface area contributed by atoms with E-state index in [-0.39, 0.29) is 12.7 Å². The van der Waals surface area contributed by atoms with Crippen LogP contribution in [0.4, 0.5) is 4.79 Å². The zero-order valence-electron chi connectivity index (χ0n) is 13.7. The molecule has 0 aromatic heterocycles. The molecule has 1 unspecified atom stereocenters. The fraction of sp³-hybridized carbons (Fsp3) is 0.588. The zero-order chi connectivity index (χ0) is 17.3. The van der Waals surface area contributed by atoms with Gasteiger partial charge in [0, 0.05) is 18.5 Å². The molecule has 1 aliphatic heterocycles. The molecule has 4 nitrogen and oxygen atoms in total. The highest BCUT2D eigenvalue weighted by atomic mass is 35.5. The average molecular weight is 360 g/mol. The number of rotatable bonds is 2. The lowest BCUT2D eigenvalue weighted by Crippen LogP contribution is -2.51. The van der Waals surface area contributed by atoms with Crippen LogP contribution in [0.15, 0.2) is 18.2 Å². The molecule has 1 N–H and O–H groups in total. The largest absolute Gasteiger partial charge is 0.444 e. The van der Waals surface area contributed by atoms with Crippen LogP contribution in [0.1, 0.15) is 39.2 Å². The number of hydrogen-bond donors (Lipinski definition) is 1. The zero-order valence-corrected chi connectivity index (χ0v) is 15.2. The van der Waals surface area contributed by atoms with Crippen molar-refractivity contribution in [1.29, 1.82) is 0 Å². The summed E-state index contributed by atoms with van der Waals surface area (Å²) in [4.78, 5) is 14.0. The number of halogens is 2. The molecule has 0 bridgehead atoms. The number of aliphatic hydroxyl groups is 1. The van der Waals surface area contributed by atoms with Crippen LogP contribution in [0.5, 0.6) is 0 Å². The van der Waals surface area contributed by atoms with Gasteiger partial charge in [-0.05, 0) is 51.3 Å². The van der Waals surface area contributed by atoms with E-state index in [1.54, 1.807) is 17.0 Å². The third-order valence-corrected chi connectivity index (χ3v) is 4.80. The van der Waals surface area contributed by atoms with E-state index in [4.69, 9.17) is 27.9 Å². The van der Waals surface area contributed by atoms with E-state index in [9.17, 15) is 9.90 Å². The van der Waals surface area contributed by atoms with E-state index in [2.05, 4.69) is 0 Å². The summed E-state index contributed by atoms with van der Waals surface area (Å²) in [6.07, 6.45) is 1.22. The molecule has 1 aromatic rings. The van der Waals surface area contributed by atoms with Gasteiger partial charge in [0.15, 0.2) is 0 Å². The first-order valence-electron chi connectivity index (χ1n) is 7.71. The van der Waals surface area contributed by atoms with Crippen LogP contribution in [0.25, 0.3) is 0 Å². The number of amides is 1. The van der Waals surface area contributed by atoms with Gasteiger partial charge >= 0.3 is 6.09 Å². The first kappa shape index (κ1) is 18.4. The van der Waals surface area contributed by atoms with Crippen LogP contribution in [0.3, 0.4) is 0 Å². The molecule has 1 aliphatic rings. The van der Waals surface area contributed by atoms with Gasteiger partial charge in [-0.1, -0.05) is 29.3 Å². The van der Waals surface area contributed by atoms with Crippen molar-refractivity contribution >= 4 is 29.3 Å². The Balaban J connectivity index is 2.24. The number of aliphatic hydroxyl groups excluding tert-OH is 1. The molecule has 2 rings (SSSR count). The number of nitrogens with zero attached hydrogens (tertiary/aromatic N) is 1. The van der Waals surface area contributed by atoms with Crippen LogP contribution in [-0.2, 0) is 10.2 Å². The lowest BCUT2D eigenvalue weighted by molar-refractivity contribution is 0.00792. The highest BCUT2D eigenvalue weighted by molar-refractivity contribution is 6.42. The van der Waals surface area contributed by atoms with Gasteiger partial charge in [-0.3, -0.25) is 0 Å². The first-order valence-corrected chi connectivity index (χ1v) is 8.47. The molecule has 0 radical (unpaired) electrons. The van der Waals surface area contributed by atoms with Crippen LogP contribution in [0, 0.1) is 0 Å². The highest BCUT2D eigenvalue weighted by Gasteiger charge is 2.39. The van der Waals surface area contributed by atoms with Crippen molar-refractivity contribution in [2.45, 2.75) is 44.6 Å². The van der Waals surface area contributed by atoms with Gasteiger partial charge in [0.05, 0.1) is 16.7 Å². The number of benzene rings is 1. The van der Waals surface area contributed by atoms with E-state index in [0.29, 0.717) is 23.1 Å². The van der Waals surface area contributed by atoms with E-state index in [1.165, 1.54) is 0 Å². The minimum Gasteiger partial charge on any atom is -0.444 e.